The van der Waals surface area contributed by atoms with E-state index in [-0.39, 0.29) is 5.41 Å². The second-order valence-electron chi connectivity index (χ2n) is 7.67. The van der Waals surface area contributed by atoms with Crippen LogP contribution in [-0.2, 0) is 16.8 Å². The van der Waals surface area contributed by atoms with Crippen molar-refractivity contribution in [3.8, 4) is 17.2 Å². The lowest BCUT2D eigenvalue weighted by Gasteiger charge is -2.25. The first-order valence-corrected chi connectivity index (χ1v) is 9.52. The van der Waals surface area contributed by atoms with Crippen LogP contribution in [0.3, 0.4) is 0 Å². The number of ether oxygens (including phenoxy) is 3. The molecule has 0 bridgehead atoms. The molecule has 0 heterocycles. The Hall–Kier alpha value is -2.78. The third kappa shape index (κ3) is 5.37. The van der Waals surface area contributed by atoms with Crippen LogP contribution in [0.5, 0.6) is 17.2 Å². The largest absolute Gasteiger partial charge is 0.497 e. The summed E-state index contributed by atoms with van der Waals surface area (Å²) in [7, 11) is 1.65. The Labute approximate surface area is 167 Å². The molecular weight excluding hydrogens is 348 g/mol. The maximum absolute atomic E-state index is 6.03. The fourth-order valence-electron chi connectivity index (χ4n) is 2.99. The number of rotatable bonds is 8. The lowest BCUT2D eigenvalue weighted by molar-refractivity contribution is 0.0824. The Balaban J connectivity index is 1.57. The molecule has 3 aromatic carbocycles. The van der Waals surface area contributed by atoms with E-state index in [0.717, 1.165) is 22.8 Å². The lowest BCUT2D eigenvalue weighted by atomic mass is 9.85. The van der Waals surface area contributed by atoms with Gasteiger partial charge in [0.2, 0.25) is 0 Å². The van der Waals surface area contributed by atoms with Crippen LogP contribution in [0.4, 0.5) is 0 Å². The highest BCUT2D eigenvalue weighted by atomic mass is 16.5. The SMILES string of the molecule is COc1ccc(Oc2cccc(COCC(C)(C)c3ccc(C)cc3)c2)cc1. The first-order valence-electron chi connectivity index (χ1n) is 9.52. The van der Waals surface area contributed by atoms with Gasteiger partial charge < -0.3 is 14.2 Å². The first kappa shape index (κ1) is 20.0. The van der Waals surface area contributed by atoms with Crippen LogP contribution in [0.1, 0.15) is 30.5 Å². The molecule has 0 spiro atoms. The van der Waals surface area contributed by atoms with Crippen molar-refractivity contribution in [2.45, 2.75) is 32.8 Å². The van der Waals surface area contributed by atoms with Gasteiger partial charge in [-0.3, -0.25) is 0 Å². The number of aryl methyl sites for hydroxylation is 1. The minimum Gasteiger partial charge on any atom is -0.497 e. The minimum atomic E-state index is -0.0368. The summed E-state index contributed by atoms with van der Waals surface area (Å²) < 4.78 is 17.1. The molecule has 3 nitrogen and oxygen atoms in total. The van der Waals surface area contributed by atoms with E-state index in [1.807, 2.05) is 42.5 Å². The summed E-state index contributed by atoms with van der Waals surface area (Å²) in [4.78, 5) is 0. The molecule has 0 aliphatic heterocycles. The molecule has 0 aliphatic carbocycles. The number of methoxy groups -OCH3 is 1. The Bertz CT molecular complexity index is 880. The van der Waals surface area contributed by atoms with E-state index in [0.29, 0.717) is 13.2 Å². The van der Waals surface area contributed by atoms with Gasteiger partial charge in [0.15, 0.2) is 0 Å². The summed E-state index contributed by atoms with van der Waals surface area (Å²) in [5, 5.41) is 0. The Morgan fingerprint density at radius 3 is 2.14 bits per heavy atom. The highest BCUT2D eigenvalue weighted by molar-refractivity contribution is 5.36. The average Bonchev–Trinajstić information content (AvgIpc) is 2.69. The maximum atomic E-state index is 6.03. The fraction of sp³-hybridized carbons (Fsp3) is 0.280. The van der Waals surface area contributed by atoms with Gasteiger partial charge in [0.05, 0.1) is 20.3 Å². The number of benzene rings is 3. The van der Waals surface area contributed by atoms with Gasteiger partial charge in [0.1, 0.15) is 17.2 Å². The molecular formula is C25H28O3. The van der Waals surface area contributed by atoms with Gasteiger partial charge in [-0.25, -0.2) is 0 Å². The fourth-order valence-corrected chi connectivity index (χ4v) is 2.99. The summed E-state index contributed by atoms with van der Waals surface area (Å²) in [6, 6.07) is 24.2. The molecule has 0 amide bonds. The van der Waals surface area contributed by atoms with Crippen LogP contribution in [0, 0.1) is 6.92 Å². The Kier molecular flexibility index (Phi) is 6.37. The van der Waals surface area contributed by atoms with Crippen molar-refractivity contribution < 1.29 is 14.2 Å². The molecule has 0 saturated heterocycles. The third-order valence-electron chi connectivity index (χ3n) is 4.76. The van der Waals surface area contributed by atoms with E-state index in [2.05, 4.69) is 51.1 Å². The Morgan fingerprint density at radius 1 is 0.786 bits per heavy atom. The summed E-state index contributed by atoms with van der Waals surface area (Å²) >= 11 is 0. The van der Waals surface area contributed by atoms with Crippen LogP contribution < -0.4 is 9.47 Å². The van der Waals surface area contributed by atoms with Crippen LogP contribution in [0.25, 0.3) is 0 Å². The summed E-state index contributed by atoms with van der Waals surface area (Å²) in [6.45, 7) is 7.73. The zero-order valence-electron chi connectivity index (χ0n) is 17.1. The van der Waals surface area contributed by atoms with Crippen molar-refractivity contribution in [1.29, 1.82) is 0 Å². The molecule has 0 atom stereocenters. The molecule has 0 N–H and O–H groups in total. The van der Waals surface area contributed by atoms with Crippen LogP contribution in [0.15, 0.2) is 72.8 Å². The third-order valence-corrected chi connectivity index (χ3v) is 4.76. The number of hydrogen-bond donors (Lipinski definition) is 0. The van der Waals surface area contributed by atoms with Crippen molar-refractivity contribution >= 4 is 0 Å². The molecule has 28 heavy (non-hydrogen) atoms. The van der Waals surface area contributed by atoms with Crippen LogP contribution in [-0.4, -0.2) is 13.7 Å². The quantitative estimate of drug-likeness (QED) is 0.462. The second kappa shape index (κ2) is 8.94. The molecule has 3 heteroatoms. The standard InChI is InChI=1S/C25H28O3/c1-19-8-10-21(11-9-19)25(2,3)18-27-17-20-6-5-7-24(16-20)28-23-14-12-22(26-4)13-15-23/h5-16H,17-18H2,1-4H3. The maximum Gasteiger partial charge on any atom is 0.127 e. The van der Waals surface area contributed by atoms with Crippen molar-refractivity contribution in [3.05, 3.63) is 89.5 Å². The van der Waals surface area contributed by atoms with E-state index in [4.69, 9.17) is 14.2 Å². The van der Waals surface area contributed by atoms with Gasteiger partial charge in [-0.15, -0.1) is 0 Å². The zero-order chi connectivity index (χ0) is 20.0. The van der Waals surface area contributed by atoms with E-state index in [9.17, 15) is 0 Å². The highest BCUT2D eigenvalue weighted by Crippen LogP contribution is 2.26. The molecule has 0 radical (unpaired) electrons. The molecule has 3 rings (SSSR count). The monoisotopic (exact) mass is 376 g/mol. The molecule has 146 valence electrons. The predicted molar refractivity (Wildman–Crippen MR) is 113 cm³/mol. The normalized spacial score (nSPS) is 11.3. The minimum absolute atomic E-state index is 0.0368. The second-order valence-corrected chi connectivity index (χ2v) is 7.67. The van der Waals surface area contributed by atoms with Crippen molar-refractivity contribution in [2.75, 3.05) is 13.7 Å². The van der Waals surface area contributed by atoms with E-state index in [1.165, 1.54) is 11.1 Å². The van der Waals surface area contributed by atoms with Gasteiger partial charge in [0.25, 0.3) is 0 Å². The molecule has 0 unspecified atom stereocenters. The highest BCUT2D eigenvalue weighted by Gasteiger charge is 2.20. The number of hydrogen-bond acceptors (Lipinski definition) is 3. The molecule has 0 fully saturated rings. The summed E-state index contributed by atoms with van der Waals surface area (Å²) in [5.74, 6) is 2.38. The smallest absolute Gasteiger partial charge is 0.127 e. The summed E-state index contributed by atoms with van der Waals surface area (Å²) in [6.07, 6.45) is 0. The van der Waals surface area contributed by atoms with E-state index in [1.54, 1.807) is 7.11 Å². The van der Waals surface area contributed by atoms with Crippen molar-refractivity contribution in [1.82, 2.24) is 0 Å². The summed E-state index contributed by atoms with van der Waals surface area (Å²) in [5.41, 5.74) is 3.61. The van der Waals surface area contributed by atoms with Gasteiger partial charge in [-0.1, -0.05) is 55.8 Å². The van der Waals surface area contributed by atoms with Crippen molar-refractivity contribution in [3.63, 3.8) is 0 Å². The van der Waals surface area contributed by atoms with Gasteiger partial charge in [0, 0.05) is 5.41 Å². The predicted octanol–water partition coefficient (Wildman–Crippen LogP) is 6.29. The van der Waals surface area contributed by atoms with Gasteiger partial charge >= 0.3 is 0 Å². The van der Waals surface area contributed by atoms with E-state index >= 15 is 0 Å². The van der Waals surface area contributed by atoms with E-state index < -0.39 is 0 Å². The molecule has 0 aromatic heterocycles. The van der Waals surface area contributed by atoms with Crippen LogP contribution in [0.2, 0.25) is 0 Å². The lowest BCUT2D eigenvalue weighted by Crippen LogP contribution is -2.24. The average molecular weight is 376 g/mol. The van der Waals surface area contributed by atoms with Crippen molar-refractivity contribution in [2.24, 2.45) is 0 Å². The topological polar surface area (TPSA) is 27.7 Å². The van der Waals surface area contributed by atoms with Gasteiger partial charge in [-0.05, 0) is 54.4 Å². The molecule has 3 aromatic rings. The molecule has 0 saturated carbocycles. The zero-order valence-corrected chi connectivity index (χ0v) is 17.1. The van der Waals surface area contributed by atoms with Gasteiger partial charge in [-0.2, -0.15) is 0 Å². The molecule has 0 aliphatic rings. The Morgan fingerprint density at radius 2 is 1.46 bits per heavy atom. The van der Waals surface area contributed by atoms with Crippen LogP contribution >= 0.6 is 0 Å². The first-order chi connectivity index (χ1) is 13.5.